The van der Waals surface area contributed by atoms with Crippen molar-refractivity contribution in [3.8, 4) is 0 Å². The lowest BCUT2D eigenvalue weighted by Gasteiger charge is -2.13. The topological polar surface area (TPSA) is 57.6 Å². The number of nitrogens with zero attached hydrogens (tertiary/aromatic N) is 1. The maximum atomic E-state index is 11.1. The molecule has 11 heavy (non-hydrogen) atoms. The van der Waals surface area contributed by atoms with Gasteiger partial charge in [-0.2, -0.15) is 0 Å². The normalized spacial score (nSPS) is 15.4. The summed E-state index contributed by atoms with van der Waals surface area (Å²) in [6, 6.07) is 0. The maximum Gasteiger partial charge on any atom is 0.213 e. The Bertz CT molecular complexity index is 198. The molecule has 5 heteroatoms. The van der Waals surface area contributed by atoms with Gasteiger partial charge >= 0.3 is 0 Å². The first-order valence-corrected chi connectivity index (χ1v) is 5.02. The van der Waals surface area contributed by atoms with Gasteiger partial charge in [0.15, 0.2) is 0 Å². The Labute approximate surface area is 67.9 Å². The number of rotatable bonds is 4. The van der Waals surface area contributed by atoms with E-state index in [4.69, 9.17) is 5.11 Å². The lowest BCUT2D eigenvalue weighted by atomic mass is 10.2. The van der Waals surface area contributed by atoms with Crippen LogP contribution in [0, 0.1) is 5.92 Å². The van der Waals surface area contributed by atoms with Gasteiger partial charge in [-0.1, -0.05) is 6.92 Å². The Balaban J connectivity index is 4.15. The fraction of sp³-hybridized carbons (Fsp3) is 1.00. The SMILES string of the molecule is CC(CO)CS(=O)(=O)N(C)C. The van der Waals surface area contributed by atoms with Crippen molar-refractivity contribution < 1.29 is 13.5 Å². The summed E-state index contributed by atoms with van der Waals surface area (Å²) in [6.07, 6.45) is 0. The van der Waals surface area contributed by atoms with Crippen molar-refractivity contribution >= 4 is 10.0 Å². The van der Waals surface area contributed by atoms with Crippen molar-refractivity contribution in [3.63, 3.8) is 0 Å². The van der Waals surface area contributed by atoms with Crippen LogP contribution in [-0.4, -0.2) is 44.3 Å². The van der Waals surface area contributed by atoms with Crippen LogP contribution in [-0.2, 0) is 10.0 Å². The van der Waals surface area contributed by atoms with E-state index in [1.807, 2.05) is 0 Å². The second kappa shape index (κ2) is 4.04. The predicted molar refractivity (Wildman–Crippen MR) is 43.7 cm³/mol. The molecule has 0 saturated carbocycles. The molecule has 0 radical (unpaired) electrons. The minimum atomic E-state index is -3.14. The van der Waals surface area contributed by atoms with Crippen LogP contribution in [0.1, 0.15) is 6.92 Å². The van der Waals surface area contributed by atoms with Crippen LogP contribution < -0.4 is 0 Å². The van der Waals surface area contributed by atoms with Gasteiger partial charge in [0.25, 0.3) is 0 Å². The lowest BCUT2D eigenvalue weighted by Crippen LogP contribution is -2.29. The van der Waals surface area contributed by atoms with E-state index in [0.29, 0.717) is 0 Å². The highest BCUT2D eigenvalue weighted by atomic mass is 32.2. The summed E-state index contributed by atoms with van der Waals surface area (Å²) in [5.41, 5.74) is 0. The highest BCUT2D eigenvalue weighted by Crippen LogP contribution is 2.02. The molecule has 0 fully saturated rings. The minimum Gasteiger partial charge on any atom is -0.396 e. The molecule has 0 rings (SSSR count). The molecule has 0 aliphatic carbocycles. The highest BCUT2D eigenvalue weighted by molar-refractivity contribution is 7.89. The molecule has 0 heterocycles. The van der Waals surface area contributed by atoms with Crippen molar-refractivity contribution in [1.82, 2.24) is 4.31 Å². The quantitative estimate of drug-likeness (QED) is 0.636. The first-order chi connectivity index (χ1) is 4.90. The van der Waals surface area contributed by atoms with Crippen molar-refractivity contribution in [2.45, 2.75) is 6.92 Å². The molecule has 1 N–H and O–H groups in total. The Morgan fingerprint density at radius 3 is 2.18 bits per heavy atom. The third kappa shape index (κ3) is 3.69. The second-order valence-electron chi connectivity index (χ2n) is 2.85. The number of aliphatic hydroxyl groups excluding tert-OH is 1. The number of hydrogen-bond donors (Lipinski definition) is 1. The molecule has 0 aliphatic heterocycles. The van der Waals surface area contributed by atoms with E-state index in [9.17, 15) is 8.42 Å². The van der Waals surface area contributed by atoms with Gasteiger partial charge in [-0.05, 0) is 5.92 Å². The van der Waals surface area contributed by atoms with Gasteiger partial charge in [-0.25, -0.2) is 12.7 Å². The van der Waals surface area contributed by atoms with Gasteiger partial charge < -0.3 is 5.11 Å². The molecule has 68 valence electrons. The fourth-order valence-corrected chi connectivity index (χ4v) is 1.68. The van der Waals surface area contributed by atoms with E-state index in [1.165, 1.54) is 18.4 Å². The molecule has 0 spiro atoms. The van der Waals surface area contributed by atoms with Crippen LogP contribution in [0.25, 0.3) is 0 Å². The lowest BCUT2D eigenvalue weighted by molar-refractivity contribution is 0.248. The van der Waals surface area contributed by atoms with Crippen molar-refractivity contribution in [2.24, 2.45) is 5.92 Å². The third-order valence-electron chi connectivity index (χ3n) is 1.36. The average Bonchev–Trinajstić information content (AvgIpc) is 1.86. The van der Waals surface area contributed by atoms with E-state index in [-0.39, 0.29) is 18.3 Å². The molecule has 0 bridgehead atoms. The molecular formula is C6H15NO3S. The standard InChI is InChI=1S/C6H15NO3S/c1-6(4-8)5-11(9,10)7(2)3/h6,8H,4-5H2,1-3H3. The van der Waals surface area contributed by atoms with Crippen LogP contribution in [0.3, 0.4) is 0 Å². The molecule has 0 aliphatic rings. The van der Waals surface area contributed by atoms with E-state index >= 15 is 0 Å². The second-order valence-corrected chi connectivity index (χ2v) is 5.08. The Hall–Kier alpha value is -0.130. The van der Waals surface area contributed by atoms with Crippen molar-refractivity contribution in [2.75, 3.05) is 26.5 Å². The Morgan fingerprint density at radius 1 is 1.45 bits per heavy atom. The van der Waals surface area contributed by atoms with Crippen molar-refractivity contribution in [1.29, 1.82) is 0 Å². The molecule has 0 aromatic rings. The van der Waals surface area contributed by atoms with E-state index < -0.39 is 10.0 Å². The molecule has 0 amide bonds. The molecule has 1 unspecified atom stereocenters. The van der Waals surface area contributed by atoms with Crippen molar-refractivity contribution in [3.05, 3.63) is 0 Å². The van der Waals surface area contributed by atoms with Crippen LogP contribution in [0.5, 0.6) is 0 Å². The zero-order valence-corrected chi connectivity index (χ0v) is 7.93. The summed E-state index contributed by atoms with van der Waals surface area (Å²) in [4.78, 5) is 0. The van der Waals surface area contributed by atoms with E-state index in [0.717, 1.165) is 0 Å². The smallest absolute Gasteiger partial charge is 0.213 e. The number of aliphatic hydroxyl groups is 1. The number of hydrogen-bond acceptors (Lipinski definition) is 3. The van der Waals surface area contributed by atoms with Gasteiger partial charge in [-0.15, -0.1) is 0 Å². The summed E-state index contributed by atoms with van der Waals surface area (Å²) in [7, 11) is -0.165. The zero-order valence-electron chi connectivity index (χ0n) is 7.11. The van der Waals surface area contributed by atoms with Crippen LogP contribution in [0.15, 0.2) is 0 Å². The Kier molecular flexibility index (Phi) is 3.99. The summed E-state index contributed by atoms with van der Waals surface area (Å²) in [5.74, 6) is -0.182. The van der Waals surface area contributed by atoms with Gasteiger partial charge in [0, 0.05) is 20.7 Å². The maximum absolute atomic E-state index is 11.1. The molecule has 4 nitrogen and oxygen atoms in total. The monoisotopic (exact) mass is 181 g/mol. The molecule has 1 atom stereocenters. The van der Waals surface area contributed by atoms with Crippen LogP contribution in [0.4, 0.5) is 0 Å². The highest BCUT2D eigenvalue weighted by Gasteiger charge is 2.16. The van der Waals surface area contributed by atoms with Crippen LogP contribution >= 0.6 is 0 Å². The van der Waals surface area contributed by atoms with Crippen LogP contribution in [0.2, 0.25) is 0 Å². The minimum absolute atomic E-state index is 0.0104. The number of sulfonamides is 1. The van der Waals surface area contributed by atoms with Gasteiger partial charge in [-0.3, -0.25) is 0 Å². The molecule has 0 aromatic heterocycles. The fourth-order valence-electron chi connectivity index (χ4n) is 0.561. The summed E-state index contributed by atoms with van der Waals surface area (Å²) in [5, 5.41) is 8.60. The molecule has 0 aromatic carbocycles. The zero-order chi connectivity index (χ0) is 9.07. The van der Waals surface area contributed by atoms with Gasteiger partial charge in [0.05, 0.1) is 5.75 Å². The average molecular weight is 181 g/mol. The molecular weight excluding hydrogens is 166 g/mol. The van der Waals surface area contributed by atoms with E-state index in [2.05, 4.69) is 0 Å². The first kappa shape index (κ1) is 10.9. The van der Waals surface area contributed by atoms with Gasteiger partial charge in [0.2, 0.25) is 10.0 Å². The summed E-state index contributed by atoms with van der Waals surface area (Å²) in [6.45, 7) is 1.61. The Morgan fingerprint density at radius 2 is 1.91 bits per heavy atom. The largest absolute Gasteiger partial charge is 0.396 e. The van der Waals surface area contributed by atoms with Gasteiger partial charge in [0.1, 0.15) is 0 Å². The predicted octanol–water partition coefficient (Wildman–Crippen LogP) is -0.494. The van der Waals surface area contributed by atoms with E-state index in [1.54, 1.807) is 6.92 Å². The summed E-state index contributed by atoms with van der Waals surface area (Å²) >= 11 is 0. The summed E-state index contributed by atoms with van der Waals surface area (Å²) < 4.78 is 23.4. The third-order valence-corrected chi connectivity index (χ3v) is 3.47. The molecule has 0 saturated heterocycles. The first-order valence-electron chi connectivity index (χ1n) is 3.41.